The van der Waals surface area contributed by atoms with Crippen LogP contribution in [-0.4, -0.2) is 35.0 Å². The van der Waals surface area contributed by atoms with E-state index in [4.69, 9.17) is 10.00 Å². The van der Waals surface area contributed by atoms with Gasteiger partial charge in [0, 0.05) is 30.3 Å². The van der Waals surface area contributed by atoms with Crippen LogP contribution >= 0.6 is 0 Å². The van der Waals surface area contributed by atoms with Crippen molar-refractivity contribution >= 4 is 5.91 Å². The molecule has 144 valence electrons. The average molecular weight is 387 g/mol. The van der Waals surface area contributed by atoms with E-state index in [1.165, 1.54) is 18.3 Å². The van der Waals surface area contributed by atoms with Crippen LogP contribution in [0.4, 0.5) is 4.39 Å². The van der Waals surface area contributed by atoms with Crippen LogP contribution in [0.25, 0.3) is 11.1 Å². The first kappa shape index (κ1) is 18.6. The molecule has 6 heteroatoms. The van der Waals surface area contributed by atoms with Gasteiger partial charge in [0.05, 0.1) is 6.54 Å². The summed E-state index contributed by atoms with van der Waals surface area (Å²) < 4.78 is 20.1. The Labute approximate surface area is 168 Å². The highest BCUT2D eigenvalue weighted by atomic mass is 19.1. The number of carbonyl (C=O) groups is 1. The van der Waals surface area contributed by atoms with Crippen LogP contribution < -0.4 is 4.74 Å². The van der Waals surface area contributed by atoms with Crippen LogP contribution in [0, 0.1) is 17.1 Å². The lowest BCUT2D eigenvalue weighted by Gasteiger charge is -2.18. The Hall–Kier alpha value is -3.72. The van der Waals surface area contributed by atoms with Gasteiger partial charge in [0.15, 0.2) is 0 Å². The van der Waals surface area contributed by atoms with E-state index in [0.29, 0.717) is 24.2 Å². The monoisotopic (exact) mass is 387 g/mol. The summed E-state index contributed by atoms with van der Waals surface area (Å²) in [6.45, 7) is 1.01. The molecule has 1 aliphatic rings. The van der Waals surface area contributed by atoms with Gasteiger partial charge in [-0.1, -0.05) is 18.2 Å². The third kappa shape index (κ3) is 4.25. The zero-order chi connectivity index (χ0) is 20.2. The van der Waals surface area contributed by atoms with Gasteiger partial charge in [0.2, 0.25) is 0 Å². The maximum Gasteiger partial charge on any atom is 0.254 e. The molecule has 1 atom stereocenters. The summed E-state index contributed by atoms with van der Waals surface area (Å²) in [6, 6.07) is 18.9. The minimum Gasteiger partial charge on any atom is -0.489 e. The van der Waals surface area contributed by atoms with Crippen molar-refractivity contribution in [1.82, 2.24) is 9.88 Å². The van der Waals surface area contributed by atoms with Gasteiger partial charge < -0.3 is 9.64 Å². The molecule has 0 saturated carbocycles. The maximum atomic E-state index is 14.2. The van der Waals surface area contributed by atoms with Gasteiger partial charge in [-0.3, -0.25) is 4.79 Å². The number of ether oxygens (including phenoxy) is 1. The molecule has 4 rings (SSSR count). The summed E-state index contributed by atoms with van der Waals surface area (Å²) in [6.07, 6.45) is 2.14. The van der Waals surface area contributed by atoms with Gasteiger partial charge in [-0.2, -0.15) is 5.26 Å². The minimum absolute atomic E-state index is 0.0860. The van der Waals surface area contributed by atoms with Crippen LogP contribution in [0.1, 0.15) is 22.5 Å². The lowest BCUT2D eigenvalue weighted by molar-refractivity contribution is 0.0772. The van der Waals surface area contributed by atoms with E-state index in [1.54, 1.807) is 23.1 Å². The molecule has 0 aliphatic carbocycles. The fourth-order valence-electron chi connectivity index (χ4n) is 3.39. The topological polar surface area (TPSA) is 66.2 Å². The van der Waals surface area contributed by atoms with Gasteiger partial charge in [0.25, 0.3) is 5.91 Å². The molecular formula is C23H18FN3O2. The molecule has 3 aromatic rings. The highest BCUT2D eigenvalue weighted by Gasteiger charge is 2.28. The minimum atomic E-state index is -0.494. The SMILES string of the molecule is N#Cc1ccc(-c2cc(F)cc(C(=O)N3CC[C@@H](Oc4ccccc4)C3)c2)cn1. The Morgan fingerprint density at radius 2 is 1.97 bits per heavy atom. The van der Waals surface area contributed by atoms with E-state index in [-0.39, 0.29) is 23.3 Å². The third-order valence-corrected chi connectivity index (χ3v) is 4.83. The number of carbonyl (C=O) groups excluding carboxylic acids is 1. The number of hydrogen-bond acceptors (Lipinski definition) is 4. The number of nitriles is 1. The molecule has 5 nitrogen and oxygen atoms in total. The van der Waals surface area contributed by atoms with E-state index in [1.807, 2.05) is 36.4 Å². The summed E-state index contributed by atoms with van der Waals surface area (Å²) in [5.41, 5.74) is 1.75. The fraction of sp³-hybridized carbons (Fsp3) is 0.174. The summed E-state index contributed by atoms with van der Waals surface area (Å²) in [4.78, 5) is 18.6. The Morgan fingerprint density at radius 1 is 1.14 bits per heavy atom. The van der Waals surface area contributed by atoms with Crippen molar-refractivity contribution < 1.29 is 13.9 Å². The van der Waals surface area contributed by atoms with Crippen LogP contribution in [-0.2, 0) is 0 Å². The summed E-state index contributed by atoms with van der Waals surface area (Å²) in [5.74, 6) is 0.0474. The van der Waals surface area contributed by atoms with Crippen molar-refractivity contribution in [2.75, 3.05) is 13.1 Å². The largest absolute Gasteiger partial charge is 0.489 e. The van der Waals surface area contributed by atoms with Crippen molar-refractivity contribution in [3.63, 3.8) is 0 Å². The first-order valence-corrected chi connectivity index (χ1v) is 9.30. The number of pyridine rings is 1. The molecule has 1 amide bonds. The van der Waals surface area contributed by atoms with Crippen molar-refractivity contribution in [3.05, 3.63) is 83.9 Å². The van der Waals surface area contributed by atoms with Gasteiger partial charge >= 0.3 is 0 Å². The van der Waals surface area contributed by atoms with Crippen LogP contribution in [0.2, 0.25) is 0 Å². The number of nitrogens with zero attached hydrogens (tertiary/aromatic N) is 3. The van der Waals surface area contributed by atoms with Crippen LogP contribution in [0.5, 0.6) is 5.75 Å². The number of likely N-dealkylation sites (tertiary alicyclic amines) is 1. The van der Waals surface area contributed by atoms with Crippen molar-refractivity contribution in [2.45, 2.75) is 12.5 Å². The second-order valence-electron chi connectivity index (χ2n) is 6.87. The van der Waals surface area contributed by atoms with Crippen LogP contribution in [0.15, 0.2) is 66.9 Å². The number of rotatable bonds is 4. The van der Waals surface area contributed by atoms with E-state index in [9.17, 15) is 9.18 Å². The summed E-state index contributed by atoms with van der Waals surface area (Å²) in [5, 5.41) is 8.86. The molecular weight excluding hydrogens is 369 g/mol. The Bertz CT molecular complexity index is 1060. The number of hydrogen-bond donors (Lipinski definition) is 0. The molecule has 29 heavy (non-hydrogen) atoms. The molecule has 0 spiro atoms. The van der Waals surface area contributed by atoms with Crippen molar-refractivity contribution in [2.24, 2.45) is 0 Å². The molecule has 1 aromatic heterocycles. The highest BCUT2D eigenvalue weighted by Crippen LogP contribution is 2.24. The number of para-hydroxylation sites is 1. The molecule has 0 radical (unpaired) electrons. The summed E-state index contributed by atoms with van der Waals surface area (Å²) in [7, 11) is 0. The predicted molar refractivity (Wildman–Crippen MR) is 106 cm³/mol. The molecule has 1 fully saturated rings. The smallest absolute Gasteiger partial charge is 0.254 e. The van der Waals surface area contributed by atoms with E-state index in [2.05, 4.69) is 4.98 Å². The number of amides is 1. The van der Waals surface area contributed by atoms with Gasteiger partial charge in [-0.15, -0.1) is 0 Å². The second-order valence-corrected chi connectivity index (χ2v) is 6.87. The zero-order valence-corrected chi connectivity index (χ0v) is 15.6. The van der Waals surface area contributed by atoms with Crippen LogP contribution in [0.3, 0.4) is 0 Å². The maximum absolute atomic E-state index is 14.2. The number of aromatic nitrogens is 1. The van der Waals surface area contributed by atoms with E-state index < -0.39 is 5.82 Å². The molecule has 2 aromatic carbocycles. The van der Waals surface area contributed by atoms with Gasteiger partial charge in [-0.05, 0) is 48.0 Å². The first-order chi connectivity index (χ1) is 14.1. The second kappa shape index (κ2) is 8.11. The molecule has 1 saturated heterocycles. The fourth-order valence-corrected chi connectivity index (χ4v) is 3.39. The lowest BCUT2D eigenvalue weighted by atomic mass is 10.0. The Balaban J connectivity index is 1.50. The lowest BCUT2D eigenvalue weighted by Crippen LogP contribution is -2.31. The summed E-state index contributed by atoms with van der Waals surface area (Å²) >= 11 is 0. The van der Waals surface area contributed by atoms with Crippen molar-refractivity contribution in [1.29, 1.82) is 5.26 Å². The molecule has 1 aliphatic heterocycles. The number of benzene rings is 2. The van der Waals surface area contributed by atoms with Crippen molar-refractivity contribution in [3.8, 4) is 22.9 Å². The highest BCUT2D eigenvalue weighted by molar-refractivity contribution is 5.95. The zero-order valence-electron chi connectivity index (χ0n) is 15.6. The quantitative estimate of drug-likeness (QED) is 0.677. The molecule has 0 unspecified atom stereocenters. The molecule has 0 N–H and O–H groups in total. The standard InChI is InChI=1S/C23H18FN3O2/c24-19-11-17(16-6-7-20(13-25)26-14-16)10-18(12-19)23(28)27-9-8-22(15-27)29-21-4-2-1-3-5-21/h1-7,10-12,14,22H,8-9,15H2/t22-/m1/s1. The van der Waals surface area contributed by atoms with Gasteiger partial charge in [0.1, 0.15) is 29.4 Å². The predicted octanol–water partition coefficient (Wildman–Crippen LogP) is 4.05. The Kier molecular flexibility index (Phi) is 5.21. The average Bonchev–Trinajstić information content (AvgIpc) is 3.22. The third-order valence-electron chi connectivity index (χ3n) is 4.83. The normalized spacial score (nSPS) is 15.7. The molecule has 0 bridgehead atoms. The Morgan fingerprint density at radius 3 is 2.69 bits per heavy atom. The van der Waals surface area contributed by atoms with E-state index >= 15 is 0 Å². The van der Waals surface area contributed by atoms with Gasteiger partial charge in [-0.25, -0.2) is 9.37 Å². The first-order valence-electron chi connectivity index (χ1n) is 9.30. The molecule has 2 heterocycles. The van der Waals surface area contributed by atoms with E-state index in [0.717, 1.165) is 12.2 Å². The number of halogens is 1.